The van der Waals surface area contributed by atoms with Gasteiger partial charge in [-0.1, -0.05) is 6.92 Å². The maximum Gasteiger partial charge on any atom is 0.469 e. The van der Waals surface area contributed by atoms with Crippen molar-refractivity contribution < 1.29 is 24.0 Å². The summed E-state index contributed by atoms with van der Waals surface area (Å²) in [6, 6.07) is 0. The first kappa shape index (κ1) is 15.0. The molecule has 0 aromatic carbocycles. The van der Waals surface area contributed by atoms with Crippen LogP contribution in [0.3, 0.4) is 0 Å². The molecule has 2 N–H and O–H groups in total. The Morgan fingerprint density at radius 2 is 1.87 bits per heavy atom. The Kier molecular flexibility index (Phi) is 8.23. The molecule has 0 saturated heterocycles. The van der Waals surface area contributed by atoms with Crippen molar-refractivity contribution in [3.8, 4) is 0 Å². The molecule has 0 bridgehead atoms. The van der Waals surface area contributed by atoms with Crippen molar-refractivity contribution in [3.63, 3.8) is 0 Å². The van der Waals surface area contributed by atoms with Crippen molar-refractivity contribution >= 4 is 7.82 Å². The molecule has 0 saturated carbocycles. The quantitative estimate of drug-likeness (QED) is 0.455. The molecule has 0 amide bonds. The van der Waals surface area contributed by atoms with Gasteiger partial charge in [0.2, 0.25) is 0 Å². The summed E-state index contributed by atoms with van der Waals surface area (Å²) in [5.41, 5.74) is 0. The molecule has 0 atom stereocenters. The topological polar surface area (TPSA) is 89.9 Å². The second-order valence-corrected chi connectivity index (χ2v) is 4.41. The van der Waals surface area contributed by atoms with Crippen LogP contribution in [0.1, 0.15) is 19.8 Å². The molecule has 0 aliphatic heterocycles. The van der Waals surface area contributed by atoms with Gasteiger partial charge in [0.1, 0.15) is 0 Å². The van der Waals surface area contributed by atoms with Gasteiger partial charge in [0.15, 0.2) is 0 Å². The molecule has 0 aromatic heterocycles. The maximum absolute atomic E-state index is 10.3. The number of nitrogens with zero attached hydrogens (tertiary/aromatic N) is 1. The van der Waals surface area contributed by atoms with E-state index in [1.165, 1.54) is 0 Å². The zero-order valence-electron chi connectivity index (χ0n) is 8.96. The average molecular weight is 240 g/mol. The highest BCUT2D eigenvalue weighted by Crippen LogP contribution is 2.35. The van der Waals surface area contributed by atoms with Crippen LogP contribution in [0.15, 0.2) is 0 Å². The van der Waals surface area contributed by atoms with Crippen LogP contribution in [0.4, 0.5) is 0 Å². The van der Waals surface area contributed by atoms with Gasteiger partial charge >= 0.3 is 7.82 Å². The lowest BCUT2D eigenvalue weighted by Crippen LogP contribution is -2.26. The summed E-state index contributed by atoms with van der Waals surface area (Å²) < 4.78 is 14.6. The van der Waals surface area contributed by atoms with Gasteiger partial charge in [-0.05, 0) is 19.4 Å². The molecule has 0 rings (SSSR count). The standard InChI is InChI=1S/C8H19NO5P/c1-2-9(5-3-7-10)6-4-8-14-15(11,12)13/h2-8H2,1H3,(H2,11,12,13). The summed E-state index contributed by atoms with van der Waals surface area (Å²) >= 11 is 0. The van der Waals surface area contributed by atoms with E-state index >= 15 is 0 Å². The van der Waals surface area contributed by atoms with Crippen molar-refractivity contribution in [2.75, 3.05) is 32.8 Å². The lowest BCUT2D eigenvalue weighted by Gasteiger charge is -2.19. The molecule has 0 spiro atoms. The molecule has 6 nitrogen and oxygen atoms in total. The van der Waals surface area contributed by atoms with E-state index in [1.54, 1.807) is 0 Å². The molecule has 15 heavy (non-hydrogen) atoms. The van der Waals surface area contributed by atoms with E-state index in [4.69, 9.17) is 9.79 Å². The first-order valence-corrected chi connectivity index (χ1v) is 6.53. The summed E-state index contributed by atoms with van der Waals surface area (Å²) in [5, 5.41) is 10.3. The van der Waals surface area contributed by atoms with Gasteiger partial charge in [0.05, 0.1) is 13.2 Å². The van der Waals surface area contributed by atoms with Crippen LogP contribution in [-0.4, -0.2) is 47.5 Å². The van der Waals surface area contributed by atoms with Gasteiger partial charge in [-0.25, -0.2) is 9.67 Å². The van der Waals surface area contributed by atoms with E-state index in [-0.39, 0.29) is 13.2 Å². The van der Waals surface area contributed by atoms with E-state index in [1.807, 2.05) is 6.92 Å². The van der Waals surface area contributed by atoms with Crippen molar-refractivity contribution in [2.24, 2.45) is 0 Å². The fraction of sp³-hybridized carbons (Fsp3) is 1.00. The number of hydrogen-bond donors (Lipinski definition) is 2. The Labute approximate surface area is 90.1 Å². The summed E-state index contributed by atoms with van der Waals surface area (Å²) in [6.07, 6.45) is 1.16. The Balaban J connectivity index is 3.50. The second-order valence-electron chi connectivity index (χ2n) is 3.17. The van der Waals surface area contributed by atoms with Crippen LogP contribution < -0.4 is 0 Å². The summed E-state index contributed by atoms with van der Waals surface area (Å²) in [4.78, 5) is 18.9. The van der Waals surface area contributed by atoms with Gasteiger partial charge < -0.3 is 14.7 Å². The highest BCUT2D eigenvalue weighted by molar-refractivity contribution is 7.46. The Morgan fingerprint density at radius 3 is 2.33 bits per heavy atom. The molecule has 0 aliphatic carbocycles. The van der Waals surface area contributed by atoms with E-state index < -0.39 is 7.82 Å². The largest absolute Gasteiger partial charge is 0.469 e. The molecule has 0 heterocycles. The molecule has 1 radical (unpaired) electrons. The van der Waals surface area contributed by atoms with Crippen LogP contribution in [0.2, 0.25) is 0 Å². The summed E-state index contributed by atoms with van der Waals surface area (Å²) in [6.45, 7) is 4.19. The predicted octanol–water partition coefficient (Wildman–Crippen LogP) is 0.628. The number of phosphoric acid groups is 1. The Bertz CT molecular complexity index is 195. The zero-order chi connectivity index (χ0) is 11.7. The van der Waals surface area contributed by atoms with Crippen molar-refractivity contribution in [1.29, 1.82) is 0 Å². The Morgan fingerprint density at radius 1 is 1.27 bits per heavy atom. The van der Waals surface area contributed by atoms with E-state index in [0.717, 1.165) is 13.1 Å². The number of hydrogen-bond acceptors (Lipinski definition) is 3. The smallest absolute Gasteiger partial charge is 0.303 e. The van der Waals surface area contributed by atoms with Crippen LogP contribution in [0, 0.1) is 0 Å². The maximum atomic E-state index is 10.3. The van der Waals surface area contributed by atoms with Crippen LogP contribution in [0.25, 0.3) is 0 Å². The molecular weight excluding hydrogens is 221 g/mol. The van der Waals surface area contributed by atoms with Crippen molar-refractivity contribution in [1.82, 2.24) is 4.90 Å². The van der Waals surface area contributed by atoms with Crippen LogP contribution >= 0.6 is 7.82 Å². The van der Waals surface area contributed by atoms with Gasteiger partial charge in [-0.2, -0.15) is 0 Å². The molecule has 91 valence electrons. The molecule has 0 aliphatic rings. The van der Waals surface area contributed by atoms with E-state index in [2.05, 4.69) is 9.42 Å². The van der Waals surface area contributed by atoms with Crippen LogP contribution in [0.5, 0.6) is 0 Å². The lowest BCUT2D eigenvalue weighted by atomic mass is 10.3. The monoisotopic (exact) mass is 240 g/mol. The minimum atomic E-state index is -4.32. The first-order chi connectivity index (χ1) is 6.99. The predicted molar refractivity (Wildman–Crippen MR) is 54.9 cm³/mol. The van der Waals surface area contributed by atoms with Gasteiger partial charge in [0, 0.05) is 13.1 Å². The van der Waals surface area contributed by atoms with Crippen LogP contribution in [-0.2, 0) is 14.2 Å². The lowest BCUT2D eigenvalue weighted by molar-refractivity contribution is 0.158. The third-order valence-corrected chi connectivity index (χ3v) is 2.46. The molecule has 0 aromatic rings. The molecular formula is C8H19NO5P. The van der Waals surface area contributed by atoms with Crippen molar-refractivity contribution in [3.05, 3.63) is 0 Å². The number of rotatable bonds is 9. The Hall–Kier alpha value is 0.0300. The minimum absolute atomic E-state index is 0.0398. The summed E-state index contributed by atoms with van der Waals surface area (Å²) in [5.74, 6) is 0. The fourth-order valence-electron chi connectivity index (χ4n) is 1.19. The SMILES string of the molecule is CCN(CCC[O])CCCOP(=O)(O)O. The summed E-state index contributed by atoms with van der Waals surface area (Å²) in [7, 11) is -4.32. The second kappa shape index (κ2) is 8.21. The zero-order valence-corrected chi connectivity index (χ0v) is 9.86. The van der Waals surface area contributed by atoms with Gasteiger partial charge in [-0.15, -0.1) is 0 Å². The highest BCUT2D eigenvalue weighted by atomic mass is 31.2. The first-order valence-electron chi connectivity index (χ1n) is 5.00. The van der Waals surface area contributed by atoms with Crippen molar-refractivity contribution in [2.45, 2.75) is 19.8 Å². The normalized spacial score (nSPS) is 12.3. The van der Waals surface area contributed by atoms with E-state index in [0.29, 0.717) is 19.4 Å². The average Bonchev–Trinajstić information content (AvgIpc) is 2.15. The molecule has 0 fully saturated rings. The van der Waals surface area contributed by atoms with Gasteiger partial charge in [0.25, 0.3) is 0 Å². The van der Waals surface area contributed by atoms with E-state index in [9.17, 15) is 9.67 Å². The fourth-order valence-corrected chi connectivity index (χ4v) is 1.55. The third kappa shape index (κ3) is 10.3. The minimum Gasteiger partial charge on any atom is -0.303 e. The molecule has 0 unspecified atom stereocenters. The molecule has 7 heteroatoms. The number of phosphoric ester groups is 1. The van der Waals surface area contributed by atoms with Gasteiger partial charge in [-0.3, -0.25) is 4.52 Å². The highest BCUT2D eigenvalue weighted by Gasteiger charge is 2.12. The third-order valence-electron chi connectivity index (χ3n) is 1.94.